The number of ether oxygens (including phenoxy) is 5. The molecule has 9 N–H and O–H groups in total. The molecule has 2 saturated heterocycles. The first-order chi connectivity index (χ1) is 17.0. The Balaban J connectivity index is 2.36. The number of rotatable bonds is 12. The lowest BCUT2D eigenvalue weighted by Crippen LogP contribution is -2.67. The molecule has 0 aromatic heterocycles. The number of aliphatic hydroxyl groups is 8. The molecule has 15 nitrogen and oxygen atoms in total. The van der Waals surface area contributed by atoms with E-state index in [0.29, 0.717) is 0 Å². The Hall–Kier alpha value is -1.05. The minimum absolute atomic E-state index is 0.472. The zero-order valence-electron chi connectivity index (χ0n) is 20.4. The third-order valence-electron chi connectivity index (χ3n) is 6.17. The fourth-order valence-corrected chi connectivity index (χ4v) is 4.17. The normalized spacial score (nSPS) is 39.9. The van der Waals surface area contributed by atoms with E-state index in [9.17, 15) is 40.5 Å². The van der Waals surface area contributed by atoms with Gasteiger partial charge in [0.05, 0.1) is 44.7 Å². The SMILES string of the molecule is CC(=O)NC1C(O[C@@H]2OC(C)[C@@H](O)C(O)C2O)[C@H](O[C@@H](CO)OC(CO)[C@H](O)CO)C(CO)O[C@H]1C. The van der Waals surface area contributed by atoms with Crippen molar-refractivity contribution in [2.24, 2.45) is 0 Å². The van der Waals surface area contributed by atoms with E-state index in [2.05, 4.69) is 5.32 Å². The summed E-state index contributed by atoms with van der Waals surface area (Å²) in [7, 11) is 0. The average molecular weight is 530 g/mol. The molecule has 2 rings (SSSR count). The molecule has 2 fully saturated rings. The molecule has 0 aromatic rings. The van der Waals surface area contributed by atoms with Crippen molar-refractivity contribution >= 4 is 5.91 Å². The summed E-state index contributed by atoms with van der Waals surface area (Å²) < 4.78 is 28.4. The number of hydrogen-bond acceptors (Lipinski definition) is 14. The largest absolute Gasteiger partial charge is 0.394 e. The first kappa shape index (κ1) is 31.2. The molecule has 13 atom stereocenters. The molecule has 2 aliphatic heterocycles. The van der Waals surface area contributed by atoms with Gasteiger partial charge in [-0.2, -0.15) is 0 Å². The lowest BCUT2D eigenvalue weighted by molar-refractivity contribution is -0.343. The average Bonchev–Trinajstić information content (AvgIpc) is 2.85. The van der Waals surface area contributed by atoms with Crippen LogP contribution in [0.15, 0.2) is 0 Å². The van der Waals surface area contributed by atoms with Gasteiger partial charge in [0, 0.05) is 6.92 Å². The third kappa shape index (κ3) is 7.50. The van der Waals surface area contributed by atoms with E-state index in [1.807, 2.05) is 0 Å². The monoisotopic (exact) mass is 529 g/mol. The number of aliphatic hydroxyl groups excluding tert-OH is 8. The van der Waals surface area contributed by atoms with Crippen molar-refractivity contribution in [3.63, 3.8) is 0 Å². The topological polar surface area (TPSA) is 237 Å². The highest BCUT2D eigenvalue weighted by atomic mass is 16.7. The van der Waals surface area contributed by atoms with Crippen LogP contribution in [0.5, 0.6) is 0 Å². The molecule has 7 unspecified atom stereocenters. The van der Waals surface area contributed by atoms with Crippen LogP contribution in [-0.4, -0.2) is 153 Å². The van der Waals surface area contributed by atoms with Crippen LogP contribution in [-0.2, 0) is 28.5 Å². The Morgan fingerprint density at radius 2 is 1.58 bits per heavy atom. The van der Waals surface area contributed by atoms with Crippen molar-refractivity contribution in [1.29, 1.82) is 0 Å². The van der Waals surface area contributed by atoms with Gasteiger partial charge in [0.1, 0.15) is 48.8 Å². The van der Waals surface area contributed by atoms with Crippen molar-refractivity contribution < 1.29 is 69.3 Å². The molecular formula is C21H39NO14. The summed E-state index contributed by atoms with van der Waals surface area (Å²) >= 11 is 0. The maximum absolute atomic E-state index is 11.9. The van der Waals surface area contributed by atoms with E-state index in [-0.39, 0.29) is 0 Å². The summed E-state index contributed by atoms with van der Waals surface area (Å²) in [5.74, 6) is -0.472. The van der Waals surface area contributed by atoms with Gasteiger partial charge in [0.15, 0.2) is 12.6 Å². The minimum Gasteiger partial charge on any atom is -0.394 e. The molecule has 0 spiro atoms. The van der Waals surface area contributed by atoms with Gasteiger partial charge < -0.3 is 69.9 Å². The standard InChI is InChI=1S/C21H39NO14/c1-8-15(22-10(3)27)20(36-21-18(31)17(30)16(29)9(2)33-21)19(13(6-25)32-8)35-14(7-26)34-12(5-24)11(28)4-23/h8-9,11-21,23-26,28-31H,4-7H2,1-3H3,(H,22,27)/t8-,9?,11+,12?,13?,14-,15?,16+,17?,18?,19+,20?,21-/m0/s1. The van der Waals surface area contributed by atoms with E-state index in [4.69, 9.17) is 28.8 Å². The number of nitrogens with one attached hydrogen (secondary N) is 1. The first-order valence-corrected chi connectivity index (χ1v) is 11.7. The second-order valence-corrected chi connectivity index (χ2v) is 8.89. The summed E-state index contributed by atoms with van der Waals surface area (Å²) in [6.07, 6.45) is -15.8. The van der Waals surface area contributed by atoms with Gasteiger partial charge in [0.25, 0.3) is 0 Å². The molecule has 212 valence electrons. The summed E-state index contributed by atoms with van der Waals surface area (Å²) in [6.45, 7) is 1.43. The molecule has 2 heterocycles. The predicted molar refractivity (Wildman–Crippen MR) is 117 cm³/mol. The predicted octanol–water partition coefficient (Wildman–Crippen LogP) is -5.08. The van der Waals surface area contributed by atoms with Gasteiger partial charge in [-0.15, -0.1) is 0 Å². The van der Waals surface area contributed by atoms with Gasteiger partial charge in [-0.3, -0.25) is 4.79 Å². The van der Waals surface area contributed by atoms with Crippen LogP contribution in [0, 0.1) is 0 Å². The van der Waals surface area contributed by atoms with Crippen LogP contribution < -0.4 is 5.32 Å². The van der Waals surface area contributed by atoms with Crippen LogP contribution in [0.2, 0.25) is 0 Å². The Morgan fingerprint density at radius 3 is 2.11 bits per heavy atom. The van der Waals surface area contributed by atoms with Gasteiger partial charge in [0.2, 0.25) is 5.91 Å². The fraction of sp³-hybridized carbons (Fsp3) is 0.952. The summed E-state index contributed by atoms with van der Waals surface area (Å²) in [4.78, 5) is 11.9. The van der Waals surface area contributed by atoms with E-state index in [0.717, 1.165) is 0 Å². The highest BCUT2D eigenvalue weighted by Gasteiger charge is 2.51. The number of amides is 1. The maximum Gasteiger partial charge on any atom is 0.217 e. The quantitative estimate of drug-likeness (QED) is 0.108. The Bertz CT molecular complexity index is 673. The van der Waals surface area contributed by atoms with Crippen molar-refractivity contribution in [1.82, 2.24) is 5.32 Å². The van der Waals surface area contributed by atoms with Crippen molar-refractivity contribution in [2.45, 2.75) is 100 Å². The van der Waals surface area contributed by atoms with Gasteiger partial charge in [-0.05, 0) is 13.8 Å². The molecule has 36 heavy (non-hydrogen) atoms. The van der Waals surface area contributed by atoms with E-state index in [1.54, 1.807) is 6.92 Å². The van der Waals surface area contributed by atoms with Crippen LogP contribution >= 0.6 is 0 Å². The minimum atomic E-state index is -1.69. The molecule has 0 radical (unpaired) electrons. The highest BCUT2D eigenvalue weighted by Crippen LogP contribution is 2.31. The maximum atomic E-state index is 11.9. The molecule has 15 heteroatoms. The Kier molecular flexibility index (Phi) is 12.3. The zero-order chi connectivity index (χ0) is 27.2. The van der Waals surface area contributed by atoms with Crippen LogP contribution in [0.1, 0.15) is 20.8 Å². The molecule has 0 aromatic carbocycles. The second kappa shape index (κ2) is 14.2. The van der Waals surface area contributed by atoms with Gasteiger partial charge >= 0.3 is 0 Å². The molecule has 2 aliphatic rings. The zero-order valence-corrected chi connectivity index (χ0v) is 20.4. The molecule has 0 saturated carbocycles. The second-order valence-electron chi connectivity index (χ2n) is 8.89. The lowest BCUT2D eigenvalue weighted by atomic mass is 9.92. The third-order valence-corrected chi connectivity index (χ3v) is 6.17. The van der Waals surface area contributed by atoms with E-state index < -0.39 is 112 Å². The number of hydrogen-bond donors (Lipinski definition) is 9. The van der Waals surface area contributed by atoms with Crippen LogP contribution in [0.25, 0.3) is 0 Å². The molecule has 0 aliphatic carbocycles. The summed E-state index contributed by atoms with van der Waals surface area (Å²) in [5.41, 5.74) is 0. The Labute approximate surface area is 208 Å². The van der Waals surface area contributed by atoms with E-state index >= 15 is 0 Å². The summed E-state index contributed by atoms with van der Waals surface area (Å²) in [6, 6.07) is -0.943. The number of carbonyl (C=O) groups excluding carboxylic acids is 1. The highest BCUT2D eigenvalue weighted by molar-refractivity contribution is 5.73. The first-order valence-electron chi connectivity index (χ1n) is 11.7. The lowest BCUT2D eigenvalue weighted by Gasteiger charge is -2.48. The van der Waals surface area contributed by atoms with Crippen molar-refractivity contribution in [2.75, 3.05) is 26.4 Å². The van der Waals surface area contributed by atoms with Gasteiger partial charge in [-0.25, -0.2) is 0 Å². The molecule has 0 bridgehead atoms. The van der Waals surface area contributed by atoms with Gasteiger partial charge in [-0.1, -0.05) is 0 Å². The van der Waals surface area contributed by atoms with Crippen LogP contribution in [0.4, 0.5) is 0 Å². The van der Waals surface area contributed by atoms with Crippen molar-refractivity contribution in [3.05, 3.63) is 0 Å². The van der Waals surface area contributed by atoms with Crippen LogP contribution in [0.3, 0.4) is 0 Å². The Morgan fingerprint density at radius 1 is 0.917 bits per heavy atom. The molecular weight excluding hydrogens is 490 g/mol. The fourth-order valence-electron chi connectivity index (χ4n) is 4.17. The smallest absolute Gasteiger partial charge is 0.217 e. The summed E-state index contributed by atoms with van der Waals surface area (Å²) in [5, 5.41) is 81.5. The van der Waals surface area contributed by atoms with Crippen molar-refractivity contribution in [3.8, 4) is 0 Å². The number of carbonyl (C=O) groups is 1. The molecule has 1 amide bonds. The van der Waals surface area contributed by atoms with E-state index in [1.165, 1.54) is 13.8 Å².